The average molecular weight is 534 g/mol. The summed E-state index contributed by atoms with van der Waals surface area (Å²) in [5.41, 5.74) is 4.85. The summed E-state index contributed by atoms with van der Waals surface area (Å²) >= 11 is 0. The molecule has 0 aliphatic rings. The number of carbonyl (C=O) groups is 2. The normalized spacial score (nSPS) is 12.6. The predicted octanol–water partition coefficient (Wildman–Crippen LogP) is 8.51. The number of benzene rings is 4. The van der Waals surface area contributed by atoms with Gasteiger partial charge in [0.2, 0.25) is 0 Å². The van der Waals surface area contributed by atoms with Crippen LogP contribution >= 0.6 is 0 Å². The molecule has 0 aliphatic heterocycles. The lowest BCUT2D eigenvalue weighted by atomic mass is 9.84. The quantitative estimate of drug-likeness (QED) is 0.230. The number of aromatic carboxylic acids is 1. The Kier molecular flexibility index (Phi) is 5.60. The Morgan fingerprint density at radius 3 is 2.05 bits per heavy atom. The van der Waals surface area contributed by atoms with Crippen molar-refractivity contribution in [3.63, 3.8) is 0 Å². The second kappa shape index (κ2) is 8.71. The highest BCUT2D eigenvalue weighted by molar-refractivity contribution is 6.17. The number of para-hydroxylation sites is 1. The van der Waals surface area contributed by atoms with Crippen LogP contribution in [0.1, 0.15) is 63.0 Å². The number of carbonyl (C=O) groups excluding carboxylic acids is 1. The van der Waals surface area contributed by atoms with Gasteiger partial charge in [-0.15, -0.1) is 0 Å². The molecule has 6 heteroatoms. The first-order chi connectivity index (χ1) is 18.9. The lowest BCUT2D eigenvalue weighted by Gasteiger charge is -2.21. The fourth-order valence-electron chi connectivity index (χ4n) is 5.52. The zero-order chi connectivity index (χ0) is 28.6. The minimum atomic E-state index is -1.03. The minimum absolute atomic E-state index is 0.178. The fraction of sp³-hybridized carbons (Fsp3) is 0.235. The van der Waals surface area contributed by atoms with Crippen molar-refractivity contribution in [1.82, 2.24) is 4.57 Å². The third-order valence-corrected chi connectivity index (χ3v) is 7.68. The van der Waals surface area contributed by atoms with Crippen LogP contribution in [0.4, 0.5) is 0 Å². The molecule has 4 aromatic carbocycles. The fourth-order valence-corrected chi connectivity index (χ4v) is 5.52. The second-order valence-electron chi connectivity index (χ2n) is 12.4. The van der Waals surface area contributed by atoms with Crippen LogP contribution in [0.2, 0.25) is 0 Å². The van der Waals surface area contributed by atoms with Gasteiger partial charge in [-0.1, -0.05) is 59.7 Å². The van der Waals surface area contributed by atoms with E-state index in [0.717, 1.165) is 38.3 Å². The molecule has 2 heterocycles. The van der Waals surface area contributed by atoms with Gasteiger partial charge in [0.25, 0.3) is 6.47 Å². The molecule has 202 valence electrons. The molecule has 0 atom stereocenters. The molecule has 0 unspecified atom stereocenters. The topological polar surface area (TPSA) is 81.7 Å². The maximum atomic E-state index is 12.8. The zero-order valence-electron chi connectivity index (χ0n) is 23.5. The van der Waals surface area contributed by atoms with E-state index in [2.05, 4.69) is 53.7 Å². The maximum Gasteiger partial charge on any atom is 0.337 e. The van der Waals surface area contributed by atoms with Crippen molar-refractivity contribution >= 4 is 56.2 Å². The first-order valence-electron chi connectivity index (χ1n) is 13.3. The SMILES string of the molecule is CC(C)(C)c1cc(OC=O)c2c(c1)c1cc(C(C)(C)C)cc(C(=O)O)c1n2-c1ccc2c(c1)oc1ccccc12. The summed E-state index contributed by atoms with van der Waals surface area (Å²) in [5, 5.41) is 14.0. The minimum Gasteiger partial charge on any atom is -0.478 e. The number of fused-ring (bicyclic) bond motifs is 6. The maximum absolute atomic E-state index is 12.8. The van der Waals surface area contributed by atoms with Crippen molar-refractivity contribution < 1.29 is 23.8 Å². The predicted molar refractivity (Wildman–Crippen MR) is 159 cm³/mol. The molecule has 0 radical (unpaired) electrons. The summed E-state index contributed by atoms with van der Waals surface area (Å²) < 4.78 is 13.7. The molecule has 0 saturated heterocycles. The smallest absolute Gasteiger partial charge is 0.337 e. The van der Waals surface area contributed by atoms with Gasteiger partial charge in [0.15, 0.2) is 5.75 Å². The Labute approximate surface area is 231 Å². The molecule has 0 amide bonds. The van der Waals surface area contributed by atoms with Crippen molar-refractivity contribution in [3.05, 3.63) is 83.4 Å². The Balaban J connectivity index is 1.83. The first-order valence-corrected chi connectivity index (χ1v) is 13.3. The molecule has 0 aliphatic carbocycles. The van der Waals surface area contributed by atoms with Crippen LogP contribution in [-0.2, 0) is 15.6 Å². The molecule has 0 bridgehead atoms. The van der Waals surface area contributed by atoms with E-state index in [1.165, 1.54) is 0 Å². The first kappa shape index (κ1) is 25.7. The van der Waals surface area contributed by atoms with Crippen molar-refractivity contribution in [2.45, 2.75) is 52.4 Å². The number of nitrogens with zero attached hydrogens (tertiary/aromatic N) is 1. The van der Waals surface area contributed by atoms with Gasteiger partial charge in [-0.25, -0.2) is 4.79 Å². The van der Waals surface area contributed by atoms with E-state index in [1.807, 2.05) is 53.1 Å². The number of hydrogen-bond donors (Lipinski definition) is 1. The number of carboxylic acids is 1. The van der Waals surface area contributed by atoms with Crippen LogP contribution in [0.15, 0.2) is 71.1 Å². The van der Waals surface area contributed by atoms with Crippen LogP contribution in [0.3, 0.4) is 0 Å². The van der Waals surface area contributed by atoms with Crippen molar-refractivity contribution in [2.24, 2.45) is 0 Å². The Hall–Kier alpha value is -4.58. The molecule has 0 spiro atoms. The van der Waals surface area contributed by atoms with Crippen LogP contribution < -0.4 is 4.74 Å². The standard InChI is InChI=1S/C34H31NO5/c1-33(2,3)19-13-24-25-14-20(34(4,5)6)16-29(39-18-36)31(25)35(30(24)26(15-19)32(37)38)21-11-12-23-22-9-7-8-10-27(22)40-28(23)17-21/h7-18H,1-6H3,(H,37,38). The summed E-state index contributed by atoms with van der Waals surface area (Å²) in [4.78, 5) is 24.5. The van der Waals surface area contributed by atoms with E-state index in [-0.39, 0.29) is 16.4 Å². The van der Waals surface area contributed by atoms with Gasteiger partial charge < -0.3 is 18.8 Å². The van der Waals surface area contributed by atoms with Gasteiger partial charge in [0, 0.05) is 27.6 Å². The summed E-state index contributed by atoms with van der Waals surface area (Å²) in [6.45, 7) is 12.9. The van der Waals surface area contributed by atoms with Crippen molar-refractivity contribution in [3.8, 4) is 11.4 Å². The number of ether oxygens (including phenoxy) is 1. The van der Waals surface area contributed by atoms with E-state index in [4.69, 9.17) is 9.15 Å². The molecule has 2 aromatic heterocycles. The third kappa shape index (κ3) is 3.94. The van der Waals surface area contributed by atoms with Gasteiger partial charge in [-0.05, 0) is 64.4 Å². The summed E-state index contributed by atoms with van der Waals surface area (Å²) in [7, 11) is 0. The Morgan fingerprint density at radius 1 is 0.775 bits per heavy atom. The highest BCUT2D eigenvalue weighted by Gasteiger charge is 2.28. The lowest BCUT2D eigenvalue weighted by Crippen LogP contribution is -2.13. The summed E-state index contributed by atoms with van der Waals surface area (Å²) in [5.74, 6) is -0.661. The molecule has 40 heavy (non-hydrogen) atoms. The Morgan fingerprint density at radius 2 is 1.40 bits per heavy atom. The number of furan rings is 1. The molecule has 0 fully saturated rings. The number of carboxylic acid groups (broad SMARTS) is 1. The molecule has 6 nitrogen and oxygen atoms in total. The largest absolute Gasteiger partial charge is 0.478 e. The Bertz CT molecular complexity index is 1990. The third-order valence-electron chi connectivity index (χ3n) is 7.68. The number of rotatable bonds is 4. The molecular formula is C34H31NO5. The number of hydrogen-bond acceptors (Lipinski definition) is 4. The average Bonchev–Trinajstić information content (AvgIpc) is 3.42. The van der Waals surface area contributed by atoms with E-state index >= 15 is 0 Å². The monoisotopic (exact) mass is 533 g/mol. The summed E-state index contributed by atoms with van der Waals surface area (Å²) in [6.07, 6.45) is 0. The van der Waals surface area contributed by atoms with E-state index < -0.39 is 5.97 Å². The van der Waals surface area contributed by atoms with Crippen LogP contribution in [0.5, 0.6) is 5.75 Å². The molecule has 0 saturated carbocycles. The van der Waals surface area contributed by atoms with E-state index in [0.29, 0.717) is 34.5 Å². The van der Waals surface area contributed by atoms with Gasteiger partial charge in [-0.2, -0.15) is 0 Å². The van der Waals surface area contributed by atoms with Crippen molar-refractivity contribution in [1.29, 1.82) is 0 Å². The van der Waals surface area contributed by atoms with Gasteiger partial charge >= 0.3 is 5.97 Å². The van der Waals surface area contributed by atoms with Crippen LogP contribution in [0, 0.1) is 0 Å². The van der Waals surface area contributed by atoms with Gasteiger partial charge in [-0.3, -0.25) is 4.79 Å². The highest BCUT2D eigenvalue weighted by Crippen LogP contribution is 2.44. The molecule has 6 aromatic rings. The molecule has 6 rings (SSSR count). The summed E-state index contributed by atoms with van der Waals surface area (Å²) in [6, 6.07) is 21.5. The number of aromatic nitrogens is 1. The highest BCUT2D eigenvalue weighted by atomic mass is 16.5. The van der Waals surface area contributed by atoms with Gasteiger partial charge in [0.05, 0.1) is 22.3 Å². The van der Waals surface area contributed by atoms with E-state index in [9.17, 15) is 14.7 Å². The lowest BCUT2D eigenvalue weighted by molar-refractivity contribution is -0.120. The van der Waals surface area contributed by atoms with Crippen molar-refractivity contribution in [2.75, 3.05) is 0 Å². The molecule has 1 N–H and O–H groups in total. The van der Waals surface area contributed by atoms with Gasteiger partial charge in [0.1, 0.15) is 11.2 Å². The van der Waals surface area contributed by atoms with Crippen LogP contribution in [-0.4, -0.2) is 22.1 Å². The molecular weight excluding hydrogens is 502 g/mol. The van der Waals surface area contributed by atoms with Crippen LogP contribution in [0.25, 0.3) is 49.4 Å². The van der Waals surface area contributed by atoms with E-state index in [1.54, 1.807) is 6.07 Å². The second-order valence-corrected chi connectivity index (χ2v) is 12.4. The zero-order valence-corrected chi connectivity index (χ0v) is 23.5.